The number of amides is 2. The maximum absolute atomic E-state index is 12.3. The average Bonchev–Trinajstić information content (AvgIpc) is 2.72. The molecule has 2 aromatic rings. The Morgan fingerprint density at radius 1 is 1.08 bits per heavy atom. The van der Waals surface area contributed by atoms with Crippen molar-refractivity contribution >= 4 is 17.5 Å². The topological polar surface area (TPSA) is 84.3 Å². The number of rotatable bonds is 5. The summed E-state index contributed by atoms with van der Waals surface area (Å²) in [5.74, 6) is 0.542. The molecule has 2 heterocycles. The van der Waals surface area contributed by atoms with Gasteiger partial charge in [-0.1, -0.05) is 18.2 Å². The molecule has 0 unspecified atom stereocenters. The van der Waals surface area contributed by atoms with E-state index in [-0.39, 0.29) is 6.03 Å². The predicted octanol–water partition coefficient (Wildman–Crippen LogP) is 1.90. The van der Waals surface area contributed by atoms with E-state index in [0.717, 1.165) is 13.1 Å². The minimum atomic E-state index is -0.0546. The highest BCUT2D eigenvalue weighted by atomic mass is 16.2. The van der Waals surface area contributed by atoms with Gasteiger partial charge < -0.3 is 20.4 Å². The minimum absolute atomic E-state index is 0.0546. The molecule has 0 spiro atoms. The van der Waals surface area contributed by atoms with E-state index in [9.17, 15) is 4.79 Å². The third-order valence-electron chi connectivity index (χ3n) is 4.31. The van der Waals surface area contributed by atoms with Crippen LogP contribution in [0.5, 0.6) is 0 Å². The summed E-state index contributed by atoms with van der Waals surface area (Å²) < 4.78 is 0. The lowest BCUT2D eigenvalue weighted by molar-refractivity contribution is 0.195. The Labute approximate surface area is 153 Å². The Morgan fingerprint density at radius 2 is 1.85 bits per heavy atom. The molecule has 0 bridgehead atoms. The Hall–Kier alpha value is -3.27. The van der Waals surface area contributed by atoms with Crippen LogP contribution in [0.25, 0.3) is 0 Å². The van der Waals surface area contributed by atoms with Crippen LogP contribution >= 0.6 is 0 Å². The Kier molecular flexibility index (Phi) is 5.88. The van der Waals surface area contributed by atoms with Crippen LogP contribution in [0.1, 0.15) is 5.56 Å². The molecule has 26 heavy (non-hydrogen) atoms. The molecule has 0 saturated carbocycles. The van der Waals surface area contributed by atoms with E-state index in [4.69, 9.17) is 5.26 Å². The molecule has 0 radical (unpaired) electrons. The first-order chi connectivity index (χ1) is 12.8. The van der Waals surface area contributed by atoms with Crippen LogP contribution in [0.4, 0.5) is 16.3 Å². The van der Waals surface area contributed by atoms with E-state index in [1.54, 1.807) is 18.3 Å². The molecule has 1 aromatic carbocycles. The Bertz CT molecular complexity index is 765. The van der Waals surface area contributed by atoms with Gasteiger partial charge in [0.25, 0.3) is 0 Å². The van der Waals surface area contributed by atoms with Gasteiger partial charge in [-0.15, -0.1) is 0 Å². The molecule has 2 amide bonds. The van der Waals surface area contributed by atoms with Crippen molar-refractivity contribution < 1.29 is 4.79 Å². The maximum Gasteiger partial charge on any atom is 0.317 e. The normalized spacial score (nSPS) is 13.8. The quantitative estimate of drug-likeness (QED) is 0.805. The standard InChI is InChI=1S/C19H22N6O/c20-15-16-5-4-8-21-18(16)22-9-10-23-19(26)25-13-11-24(12-14-25)17-6-2-1-3-7-17/h1-8H,9-14H2,(H,21,22)(H,23,26). The first kappa shape index (κ1) is 17.5. The van der Waals surface area contributed by atoms with Gasteiger partial charge in [-0.05, 0) is 24.3 Å². The molecular formula is C19H22N6O. The number of benzene rings is 1. The van der Waals surface area contributed by atoms with Crippen LogP contribution in [0.15, 0.2) is 48.7 Å². The fourth-order valence-electron chi connectivity index (χ4n) is 2.91. The lowest BCUT2D eigenvalue weighted by atomic mass is 10.2. The van der Waals surface area contributed by atoms with Crippen molar-refractivity contribution in [3.05, 3.63) is 54.2 Å². The van der Waals surface area contributed by atoms with Gasteiger partial charge in [-0.25, -0.2) is 9.78 Å². The molecule has 1 aliphatic heterocycles. The molecule has 0 aliphatic carbocycles. The molecule has 1 saturated heterocycles. The summed E-state index contributed by atoms with van der Waals surface area (Å²) in [4.78, 5) is 20.5. The fourth-order valence-corrected chi connectivity index (χ4v) is 2.91. The molecular weight excluding hydrogens is 328 g/mol. The van der Waals surface area contributed by atoms with E-state index in [0.29, 0.717) is 37.6 Å². The third kappa shape index (κ3) is 4.42. The van der Waals surface area contributed by atoms with Crippen LogP contribution < -0.4 is 15.5 Å². The molecule has 3 rings (SSSR count). The number of nitrogens with zero attached hydrogens (tertiary/aromatic N) is 4. The van der Waals surface area contributed by atoms with Gasteiger partial charge in [0, 0.05) is 51.2 Å². The van der Waals surface area contributed by atoms with Crippen molar-refractivity contribution in [3.8, 4) is 6.07 Å². The summed E-state index contributed by atoms with van der Waals surface area (Å²) >= 11 is 0. The Morgan fingerprint density at radius 3 is 2.58 bits per heavy atom. The zero-order valence-corrected chi connectivity index (χ0v) is 14.6. The summed E-state index contributed by atoms with van der Waals surface area (Å²) in [6, 6.07) is 15.7. The summed E-state index contributed by atoms with van der Waals surface area (Å²) in [6.07, 6.45) is 1.63. The van der Waals surface area contributed by atoms with Crippen LogP contribution in [0.2, 0.25) is 0 Å². The minimum Gasteiger partial charge on any atom is -0.368 e. The fraction of sp³-hybridized carbons (Fsp3) is 0.316. The number of anilines is 2. The van der Waals surface area contributed by atoms with Crippen molar-refractivity contribution in [2.75, 3.05) is 49.5 Å². The van der Waals surface area contributed by atoms with Gasteiger partial charge in [-0.2, -0.15) is 5.26 Å². The lowest BCUT2D eigenvalue weighted by Crippen LogP contribution is -2.52. The van der Waals surface area contributed by atoms with Crippen LogP contribution in [-0.2, 0) is 0 Å². The number of piperazine rings is 1. The molecule has 1 aliphatic rings. The Balaban J connectivity index is 1.39. The number of hydrogen-bond acceptors (Lipinski definition) is 5. The highest BCUT2D eigenvalue weighted by Gasteiger charge is 2.20. The zero-order valence-electron chi connectivity index (χ0n) is 14.6. The van der Waals surface area contributed by atoms with Gasteiger partial charge in [0.2, 0.25) is 0 Å². The second-order valence-corrected chi connectivity index (χ2v) is 5.98. The molecule has 2 N–H and O–H groups in total. The molecule has 7 heteroatoms. The first-order valence-corrected chi connectivity index (χ1v) is 8.69. The predicted molar refractivity (Wildman–Crippen MR) is 101 cm³/mol. The number of nitriles is 1. The zero-order chi connectivity index (χ0) is 18.2. The summed E-state index contributed by atoms with van der Waals surface area (Å²) in [6.45, 7) is 4.05. The van der Waals surface area contributed by atoms with E-state index in [1.165, 1.54) is 5.69 Å². The van der Waals surface area contributed by atoms with Crippen molar-refractivity contribution in [1.82, 2.24) is 15.2 Å². The van der Waals surface area contributed by atoms with Crippen molar-refractivity contribution in [1.29, 1.82) is 5.26 Å². The third-order valence-corrected chi connectivity index (χ3v) is 4.31. The van der Waals surface area contributed by atoms with E-state index in [2.05, 4.69) is 38.7 Å². The SMILES string of the molecule is N#Cc1cccnc1NCCNC(=O)N1CCN(c2ccccc2)CC1. The number of nitrogens with one attached hydrogen (secondary N) is 2. The largest absolute Gasteiger partial charge is 0.368 e. The number of carbonyl (C=O) groups excluding carboxylic acids is 1. The summed E-state index contributed by atoms with van der Waals surface area (Å²) in [5.41, 5.74) is 1.69. The van der Waals surface area contributed by atoms with Crippen molar-refractivity contribution in [3.63, 3.8) is 0 Å². The number of carbonyl (C=O) groups is 1. The molecule has 1 fully saturated rings. The monoisotopic (exact) mass is 350 g/mol. The van der Waals surface area contributed by atoms with Crippen LogP contribution in [0, 0.1) is 11.3 Å². The number of hydrogen-bond donors (Lipinski definition) is 2. The lowest BCUT2D eigenvalue weighted by Gasteiger charge is -2.36. The van der Waals surface area contributed by atoms with E-state index >= 15 is 0 Å². The average molecular weight is 350 g/mol. The van der Waals surface area contributed by atoms with Crippen LogP contribution in [0.3, 0.4) is 0 Å². The highest BCUT2D eigenvalue weighted by Crippen LogP contribution is 2.15. The first-order valence-electron chi connectivity index (χ1n) is 8.69. The van der Waals surface area contributed by atoms with Crippen molar-refractivity contribution in [2.45, 2.75) is 0 Å². The van der Waals surface area contributed by atoms with Crippen LogP contribution in [-0.4, -0.2) is 55.2 Å². The van der Waals surface area contributed by atoms with Crippen molar-refractivity contribution in [2.24, 2.45) is 0 Å². The summed E-state index contributed by atoms with van der Waals surface area (Å²) in [5, 5.41) is 15.0. The number of aromatic nitrogens is 1. The van der Waals surface area contributed by atoms with Gasteiger partial charge in [-0.3, -0.25) is 0 Å². The molecule has 134 valence electrons. The second kappa shape index (κ2) is 8.72. The molecule has 7 nitrogen and oxygen atoms in total. The number of pyridine rings is 1. The second-order valence-electron chi connectivity index (χ2n) is 5.98. The van der Waals surface area contributed by atoms with Gasteiger partial charge >= 0.3 is 6.03 Å². The molecule has 0 atom stereocenters. The number of urea groups is 1. The molecule has 1 aromatic heterocycles. The van der Waals surface area contributed by atoms with Gasteiger partial charge in [0.15, 0.2) is 0 Å². The van der Waals surface area contributed by atoms with E-state index < -0.39 is 0 Å². The van der Waals surface area contributed by atoms with Gasteiger partial charge in [0.05, 0.1) is 5.56 Å². The smallest absolute Gasteiger partial charge is 0.317 e. The maximum atomic E-state index is 12.3. The number of para-hydroxylation sites is 1. The highest BCUT2D eigenvalue weighted by molar-refractivity contribution is 5.74. The summed E-state index contributed by atoms with van der Waals surface area (Å²) in [7, 11) is 0. The van der Waals surface area contributed by atoms with Gasteiger partial charge in [0.1, 0.15) is 11.9 Å². The van der Waals surface area contributed by atoms with E-state index in [1.807, 2.05) is 23.1 Å².